The summed E-state index contributed by atoms with van der Waals surface area (Å²) in [5.41, 5.74) is 0. The van der Waals surface area contributed by atoms with Crippen molar-refractivity contribution in [3.8, 4) is 0 Å². The number of nitrogens with one attached hydrogen (secondary N) is 1. The van der Waals surface area contributed by atoms with Crippen LogP contribution in [0.5, 0.6) is 0 Å². The molecule has 2 rings (SSSR count). The molecule has 0 radical (unpaired) electrons. The minimum absolute atomic E-state index is 0.284. The molecule has 1 amide bonds. The van der Waals surface area contributed by atoms with Crippen molar-refractivity contribution in [1.82, 2.24) is 14.9 Å². The number of nitrogens with zero attached hydrogens (tertiary/aromatic N) is 2. The van der Waals surface area contributed by atoms with Crippen LogP contribution in [0, 0.1) is 0 Å². The van der Waals surface area contributed by atoms with Gasteiger partial charge in [0.2, 0.25) is 6.41 Å². The Kier molecular flexibility index (Phi) is 2.29. The molecule has 1 N–H and O–H groups in total. The van der Waals surface area contributed by atoms with Gasteiger partial charge >= 0.3 is 0 Å². The average molecular weight is 179 g/mol. The lowest BCUT2D eigenvalue weighted by atomic mass is 10.2. The second kappa shape index (κ2) is 3.60. The van der Waals surface area contributed by atoms with Crippen LogP contribution in [0.3, 0.4) is 0 Å². The molecule has 13 heavy (non-hydrogen) atoms. The molecule has 0 saturated heterocycles. The molecule has 1 aromatic heterocycles. The summed E-state index contributed by atoms with van der Waals surface area (Å²) >= 11 is 0. The second-order valence-electron chi connectivity index (χ2n) is 3.40. The molecule has 1 saturated carbocycles. The smallest absolute Gasteiger partial charge is 0.207 e. The number of imidazole rings is 1. The van der Waals surface area contributed by atoms with E-state index in [1.54, 1.807) is 6.20 Å². The van der Waals surface area contributed by atoms with Crippen molar-refractivity contribution in [1.29, 1.82) is 0 Å². The molecule has 1 aromatic rings. The molecule has 1 aliphatic carbocycles. The van der Waals surface area contributed by atoms with E-state index < -0.39 is 0 Å². The Morgan fingerprint density at radius 1 is 1.54 bits per heavy atom. The van der Waals surface area contributed by atoms with Crippen LogP contribution in [0.2, 0.25) is 0 Å². The minimum atomic E-state index is 0.284. The number of amides is 1. The second-order valence-corrected chi connectivity index (χ2v) is 3.40. The molecule has 2 unspecified atom stereocenters. The summed E-state index contributed by atoms with van der Waals surface area (Å²) in [5.74, 6) is 0. The summed E-state index contributed by atoms with van der Waals surface area (Å²) < 4.78 is 2.08. The quantitative estimate of drug-likeness (QED) is 0.695. The Hall–Kier alpha value is -1.32. The maximum atomic E-state index is 10.3. The topological polar surface area (TPSA) is 46.9 Å². The summed E-state index contributed by atoms with van der Waals surface area (Å²) in [6.45, 7) is 0. The Bertz CT molecular complexity index is 270. The number of aromatic nitrogens is 2. The first-order chi connectivity index (χ1) is 6.42. The highest BCUT2D eigenvalue weighted by Crippen LogP contribution is 2.29. The lowest BCUT2D eigenvalue weighted by Gasteiger charge is -2.19. The van der Waals surface area contributed by atoms with E-state index in [1.165, 1.54) is 6.42 Å². The van der Waals surface area contributed by atoms with Crippen molar-refractivity contribution in [2.24, 2.45) is 0 Å². The molecule has 1 aliphatic rings. The lowest BCUT2D eigenvalue weighted by Crippen LogP contribution is -2.32. The summed E-state index contributed by atoms with van der Waals surface area (Å²) in [5, 5.41) is 2.85. The summed E-state index contributed by atoms with van der Waals surface area (Å²) in [6, 6.07) is 0.680. The molecule has 0 bridgehead atoms. The Balaban J connectivity index is 2.09. The van der Waals surface area contributed by atoms with Gasteiger partial charge in [-0.3, -0.25) is 4.79 Å². The SMILES string of the molecule is O=CNC1CCCC1n1ccnc1. The third-order valence-electron chi connectivity index (χ3n) is 2.67. The van der Waals surface area contributed by atoms with Crippen molar-refractivity contribution in [2.45, 2.75) is 31.3 Å². The highest BCUT2D eigenvalue weighted by Gasteiger charge is 2.27. The summed E-state index contributed by atoms with van der Waals surface area (Å²) in [6.07, 6.45) is 9.71. The zero-order valence-electron chi connectivity index (χ0n) is 7.39. The molecular weight excluding hydrogens is 166 g/mol. The largest absolute Gasteiger partial charge is 0.354 e. The Morgan fingerprint density at radius 3 is 3.15 bits per heavy atom. The zero-order chi connectivity index (χ0) is 9.10. The zero-order valence-corrected chi connectivity index (χ0v) is 7.39. The lowest BCUT2D eigenvalue weighted by molar-refractivity contribution is -0.110. The first-order valence-corrected chi connectivity index (χ1v) is 4.59. The number of hydrogen-bond donors (Lipinski definition) is 1. The molecular formula is C9H13N3O. The standard InChI is InChI=1S/C9H13N3O/c13-7-11-8-2-1-3-9(8)12-5-4-10-6-12/h4-9H,1-3H2,(H,11,13). The van der Waals surface area contributed by atoms with Gasteiger partial charge in [-0.1, -0.05) is 0 Å². The fourth-order valence-electron chi connectivity index (χ4n) is 2.04. The number of rotatable bonds is 3. The summed E-state index contributed by atoms with van der Waals surface area (Å²) in [4.78, 5) is 14.3. The number of carbonyl (C=O) groups is 1. The van der Waals surface area contributed by atoms with E-state index in [0.717, 1.165) is 19.3 Å². The van der Waals surface area contributed by atoms with Crippen LogP contribution in [0.25, 0.3) is 0 Å². The van der Waals surface area contributed by atoms with Gasteiger partial charge in [0.05, 0.1) is 12.4 Å². The third-order valence-corrected chi connectivity index (χ3v) is 2.67. The highest BCUT2D eigenvalue weighted by atomic mass is 16.1. The monoisotopic (exact) mass is 179 g/mol. The maximum Gasteiger partial charge on any atom is 0.207 e. The van der Waals surface area contributed by atoms with E-state index >= 15 is 0 Å². The number of carbonyl (C=O) groups excluding carboxylic acids is 1. The van der Waals surface area contributed by atoms with Gasteiger partial charge < -0.3 is 9.88 Å². The fourth-order valence-corrected chi connectivity index (χ4v) is 2.04. The average Bonchev–Trinajstić information content (AvgIpc) is 2.71. The van der Waals surface area contributed by atoms with Crippen molar-refractivity contribution in [2.75, 3.05) is 0 Å². The van der Waals surface area contributed by atoms with Crippen LogP contribution in [0.4, 0.5) is 0 Å². The van der Waals surface area contributed by atoms with Crippen molar-refractivity contribution < 1.29 is 4.79 Å². The Labute approximate surface area is 77.0 Å². The Morgan fingerprint density at radius 2 is 2.46 bits per heavy atom. The molecule has 0 aliphatic heterocycles. The van der Waals surface area contributed by atoms with Crippen LogP contribution >= 0.6 is 0 Å². The van der Waals surface area contributed by atoms with Crippen LogP contribution in [-0.2, 0) is 4.79 Å². The molecule has 0 spiro atoms. The van der Waals surface area contributed by atoms with Gasteiger partial charge in [-0.25, -0.2) is 4.98 Å². The van der Waals surface area contributed by atoms with Crippen LogP contribution < -0.4 is 5.32 Å². The van der Waals surface area contributed by atoms with Crippen LogP contribution in [0.15, 0.2) is 18.7 Å². The van der Waals surface area contributed by atoms with Crippen molar-refractivity contribution in [3.63, 3.8) is 0 Å². The van der Waals surface area contributed by atoms with Gasteiger partial charge in [-0.2, -0.15) is 0 Å². The predicted molar refractivity (Wildman–Crippen MR) is 48.1 cm³/mol. The van der Waals surface area contributed by atoms with E-state index in [2.05, 4.69) is 14.9 Å². The van der Waals surface area contributed by atoms with Gasteiger partial charge in [0.15, 0.2) is 0 Å². The molecule has 4 nitrogen and oxygen atoms in total. The van der Waals surface area contributed by atoms with E-state index in [4.69, 9.17) is 0 Å². The van der Waals surface area contributed by atoms with E-state index in [9.17, 15) is 4.79 Å². The predicted octanol–water partition coefficient (Wildman–Crippen LogP) is 0.723. The molecule has 70 valence electrons. The highest BCUT2D eigenvalue weighted by molar-refractivity contribution is 5.46. The molecule has 1 heterocycles. The van der Waals surface area contributed by atoms with E-state index in [0.29, 0.717) is 6.04 Å². The van der Waals surface area contributed by atoms with Crippen LogP contribution in [0.1, 0.15) is 25.3 Å². The van der Waals surface area contributed by atoms with Gasteiger partial charge in [-0.15, -0.1) is 0 Å². The van der Waals surface area contributed by atoms with Gasteiger partial charge in [0.25, 0.3) is 0 Å². The van der Waals surface area contributed by atoms with Gasteiger partial charge in [-0.05, 0) is 19.3 Å². The minimum Gasteiger partial charge on any atom is -0.354 e. The molecule has 0 aromatic carbocycles. The molecule has 2 atom stereocenters. The maximum absolute atomic E-state index is 10.3. The van der Waals surface area contributed by atoms with Crippen molar-refractivity contribution >= 4 is 6.41 Å². The third kappa shape index (κ3) is 1.56. The number of hydrogen-bond acceptors (Lipinski definition) is 2. The first-order valence-electron chi connectivity index (χ1n) is 4.59. The normalized spacial score (nSPS) is 27.4. The molecule has 1 fully saturated rings. The van der Waals surface area contributed by atoms with Crippen molar-refractivity contribution in [3.05, 3.63) is 18.7 Å². The van der Waals surface area contributed by atoms with Crippen LogP contribution in [-0.4, -0.2) is 22.0 Å². The summed E-state index contributed by atoms with van der Waals surface area (Å²) in [7, 11) is 0. The van der Waals surface area contributed by atoms with E-state index in [-0.39, 0.29) is 6.04 Å². The van der Waals surface area contributed by atoms with Gasteiger partial charge in [0, 0.05) is 18.4 Å². The first kappa shape index (κ1) is 8.29. The fraction of sp³-hybridized carbons (Fsp3) is 0.556. The van der Waals surface area contributed by atoms with E-state index in [1.807, 2.05) is 12.5 Å². The molecule has 4 heteroatoms. The van der Waals surface area contributed by atoms with Gasteiger partial charge in [0.1, 0.15) is 0 Å².